The smallest absolute Gasteiger partial charge is 0.240 e. The van der Waals surface area contributed by atoms with Crippen LogP contribution in [0, 0.1) is 0 Å². The lowest BCUT2D eigenvalue weighted by atomic mass is 10.2. The minimum Gasteiger partial charge on any atom is -0.493 e. The highest BCUT2D eigenvalue weighted by molar-refractivity contribution is 5.87. The first-order chi connectivity index (χ1) is 17.4. The molecule has 2 aromatic rings. The van der Waals surface area contributed by atoms with E-state index >= 15 is 0 Å². The summed E-state index contributed by atoms with van der Waals surface area (Å²) in [7, 11) is 9.01. The van der Waals surface area contributed by atoms with Crippen LogP contribution in [0.3, 0.4) is 0 Å². The molecule has 0 saturated carbocycles. The van der Waals surface area contributed by atoms with E-state index in [2.05, 4.69) is 21.1 Å². The monoisotopic (exact) mass is 502 g/mol. The number of hydrogen-bond acceptors (Lipinski definition) is 10. The molecule has 0 atom stereocenters. The van der Waals surface area contributed by atoms with Crippen LogP contribution in [0.4, 0.5) is 0 Å². The standard InChI is InChI=1S/C24H30N4O8/c1-31-17-9-15(10-18(32-2)23(17)35-5)13-25-27-21(29)7-8-22(30)28-26-14-16-11-19(33-3)24(36-6)20(12-16)34-4/h9-14H,7-8H2,1-6H3,(H,27,29)(H,28,30)/b25-13-,26-14-. The van der Waals surface area contributed by atoms with Crippen molar-refractivity contribution in [1.82, 2.24) is 10.9 Å². The van der Waals surface area contributed by atoms with E-state index in [1.807, 2.05) is 0 Å². The maximum atomic E-state index is 12.0. The molecule has 36 heavy (non-hydrogen) atoms. The van der Waals surface area contributed by atoms with Crippen LogP contribution in [0.2, 0.25) is 0 Å². The average Bonchev–Trinajstić information content (AvgIpc) is 2.90. The molecule has 0 bridgehead atoms. The zero-order chi connectivity index (χ0) is 26.5. The van der Waals surface area contributed by atoms with Gasteiger partial charge in [-0.1, -0.05) is 0 Å². The topological polar surface area (TPSA) is 138 Å². The molecular weight excluding hydrogens is 472 g/mol. The van der Waals surface area contributed by atoms with Crippen molar-refractivity contribution in [2.24, 2.45) is 10.2 Å². The number of nitrogens with one attached hydrogen (secondary N) is 2. The maximum absolute atomic E-state index is 12.0. The van der Waals surface area contributed by atoms with E-state index in [0.717, 1.165) is 0 Å². The highest BCUT2D eigenvalue weighted by Gasteiger charge is 2.13. The molecule has 0 aliphatic heterocycles. The van der Waals surface area contributed by atoms with Gasteiger partial charge >= 0.3 is 0 Å². The fourth-order valence-corrected chi connectivity index (χ4v) is 3.05. The summed E-state index contributed by atoms with van der Waals surface area (Å²) in [4.78, 5) is 24.1. The first-order valence-electron chi connectivity index (χ1n) is 10.6. The van der Waals surface area contributed by atoms with Gasteiger partial charge in [-0.05, 0) is 24.3 Å². The second-order valence-electron chi connectivity index (χ2n) is 7.00. The predicted octanol–water partition coefficient (Wildman–Crippen LogP) is 2.12. The van der Waals surface area contributed by atoms with Gasteiger partial charge < -0.3 is 28.4 Å². The molecule has 12 heteroatoms. The number of hydrogen-bond donors (Lipinski definition) is 2. The number of benzene rings is 2. The molecule has 2 amide bonds. The van der Waals surface area contributed by atoms with Crippen molar-refractivity contribution in [1.29, 1.82) is 0 Å². The summed E-state index contributed by atoms with van der Waals surface area (Å²) in [6.07, 6.45) is 2.67. The number of amides is 2. The number of carbonyl (C=O) groups is 2. The minimum atomic E-state index is -0.442. The highest BCUT2D eigenvalue weighted by Crippen LogP contribution is 2.38. The first kappa shape index (κ1) is 27.8. The van der Waals surface area contributed by atoms with Crippen LogP contribution < -0.4 is 39.3 Å². The molecule has 0 fully saturated rings. The normalized spacial score (nSPS) is 10.7. The molecular formula is C24H30N4O8. The molecule has 194 valence electrons. The van der Waals surface area contributed by atoms with E-state index < -0.39 is 11.8 Å². The molecule has 2 N–H and O–H groups in total. The van der Waals surface area contributed by atoms with Gasteiger partial charge in [0, 0.05) is 24.0 Å². The molecule has 0 aliphatic carbocycles. The van der Waals surface area contributed by atoms with Crippen LogP contribution in [0.25, 0.3) is 0 Å². The Kier molecular flexibility index (Phi) is 10.8. The number of hydrazone groups is 2. The number of nitrogens with zero attached hydrogens (tertiary/aromatic N) is 2. The Morgan fingerprint density at radius 2 is 0.917 bits per heavy atom. The van der Waals surface area contributed by atoms with Crippen molar-refractivity contribution in [3.8, 4) is 34.5 Å². The van der Waals surface area contributed by atoms with Gasteiger partial charge in [0.15, 0.2) is 23.0 Å². The van der Waals surface area contributed by atoms with Crippen molar-refractivity contribution in [2.75, 3.05) is 42.7 Å². The number of methoxy groups -OCH3 is 6. The van der Waals surface area contributed by atoms with E-state index in [-0.39, 0.29) is 12.8 Å². The van der Waals surface area contributed by atoms with Crippen molar-refractivity contribution in [3.05, 3.63) is 35.4 Å². The Morgan fingerprint density at radius 1 is 0.611 bits per heavy atom. The zero-order valence-corrected chi connectivity index (χ0v) is 21.0. The fraction of sp³-hybridized carbons (Fsp3) is 0.333. The third-order valence-electron chi connectivity index (χ3n) is 4.76. The lowest BCUT2D eigenvalue weighted by molar-refractivity contribution is -0.126. The minimum absolute atomic E-state index is 0.0852. The van der Waals surface area contributed by atoms with Crippen LogP contribution in [-0.4, -0.2) is 66.9 Å². The summed E-state index contributed by atoms with van der Waals surface area (Å²) in [5.41, 5.74) is 5.96. The molecule has 0 saturated heterocycles. The molecule has 0 unspecified atom stereocenters. The van der Waals surface area contributed by atoms with Gasteiger partial charge in [0.05, 0.1) is 55.1 Å². The summed E-state index contributed by atoms with van der Waals surface area (Å²) < 4.78 is 31.6. The lowest BCUT2D eigenvalue weighted by Crippen LogP contribution is -2.22. The Labute approximate surface area is 209 Å². The SMILES string of the molecule is COc1cc(/C=N\NC(=O)CCC(=O)N/N=C\c2cc(OC)c(OC)c(OC)c2)cc(OC)c1OC. The maximum Gasteiger partial charge on any atom is 0.240 e. The van der Waals surface area contributed by atoms with Crippen molar-refractivity contribution < 1.29 is 38.0 Å². The Hall–Kier alpha value is -4.48. The van der Waals surface area contributed by atoms with Crippen LogP contribution in [0.15, 0.2) is 34.5 Å². The Bertz CT molecular complexity index is 980. The fourth-order valence-electron chi connectivity index (χ4n) is 3.05. The van der Waals surface area contributed by atoms with Crippen molar-refractivity contribution in [3.63, 3.8) is 0 Å². The molecule has 0 heterocycles. The molecule has 12 nitrogen and oxygen atoms in total. The van der Waals surface area contributed by atoms with E-state index in [0.29, 0.717) is 45.6 Å². The van der Waals surface area contributed by atoms with Crippen LogP contribution >= 0.6 is 0 Å². The number of carbonyl (C=O) groups excluding carboxylic acids is 2. The zero-order valence-electron chi connectivity index (χ0n) is 21.0. The van der Waals surface area contributed by atoms with Gasteiger partial charge in [-0.3, -0.25) is 9.59 Å². The van der Waals surface area contributed by atoms with E-state index in [1.54, 1.807) is 24.3 Å². The van der Waals surface area contributed by atoms with Gasteiger partial charge in [-0.15, -0.1) is 0 Å². The van der Waals surface area contributed by atoms with E-state index in [9.17, 15) is 9.59 Å². The third-order valence-corrected chi connectivity index (χ3v) is 4.76. The van der Waals surface area contributed by atoms with Gasteiger partial charge in [-0.2, -0.15) is 10.2 Å². The molecule has 0 spiro atoms. The summed E-state index contributed by atoms with van der Waals surface area (Å²) >= 11 is 0. The number of rotatable bonds is 13. The van der Waals surface area contributed by atoms with Crippen molar-refractivity contribution >= 4 is 24.2 Å². The molecule has 0 radical (unpaired) electrons. The molecule has 0 aliphatic rings. The molecule has 2 rings (SSSR count). The van der Waals surface area contributed by atoms with Gasteiger partial charge in [0.25, 0.3) is 0 Å². The second-order valence-corrected chi connectivity index (χ2v) is 7.00. The summed E-state index contributed by atoms with van der Waals surface area (Å²) in [6, 6.07) is 6.71. The van der Waals surface area contributed by atoms with Gasteiger partial charge in [0.2, 0.25) is 23.3 Å². The van der Waals surface area contributed by atoms with E-state index in [4.69, 9.17) is 28.4 Å². The highest BCUT2D eigenvalue weighted by atomic mass is 16.5. The summed E-state index contributed by atoms with van der Waals surface area (Å²) in [5.74, 6) is 1.81. The molecule has 0 aromatic heterocycles. The number of ether oxygens (including phenoxy) is 6. The first-order valence-corrected chi connectivity index (χ1v) is 10.6. The third kappa shape index (κ3) is 7.52. The molecule has 2 aromatic carbocycles. The average molecular weight is 503 g/mol. The van der Waals surface area contributed by atoms with E-state index in [1.165, 1.54) is 55.1 Å². The Balaban J connectivity index is 1.87. The summed E-state index contributed by atoms with van der Waals surface area (Å²) in [5, 5.41) is 7.81. The van der Waals surface area contributed by atoms with Gasteiger partial charge in [0.1, 0.15) is 0 Å². The van der Waals surface area contributed by atoms with Crippen molar-refractivity contribution in [2.45, 2.75) is 12.8 Å². The van der Waals surface area contributed by atoms with Crippen LogP contribution in [0.1, 0.15) is 24.0 Å². The summed E-state index contributed by atoms with van der Waals surface area (Å²) in [6.45, 7) is 0. The predicted molar refractivity (Wildman–Crippen MR) is 133 cm³/mol. The van der Waals surface area contributed by atoms with Gasteiger partial charge in [-0.25, -0.2) is 10.9 Å². The second kappa shape index (κ2) is 14.0. The largest absolute Gasteiger partial charge is 0.493 e. The quantitative estimate of drug-likeness (QED) is 0.314. The lowest BCUT2D eigenvalue weighted by Gasteiger charge is -2.12. The Morgan fingerprint density at radius 3 is 1.17 bits per heavy atom. The van der Waals surface area contributed by atoms with Crippen LogP contribution in [0.5, 0.6) is 34.5 Å². The van der Waals surface area contributed by atoms with Crippen LogP contribution in [-0.2, 0) is 9.59 Å².